The molecule has 4 atom stereocenters. The van der Waals surface area contributed by atoms with Crippen LogP contribution in [0.3, 0.4) is 0 Å². The van der Waals surface area contributed by atoms with Gasteiger partial charge >= 0.3 is 5.97 Å². The number of carbonyl (C=O) groups excluding carboxylic acids is 2. The fourth-order valence-electron chi connectivity index (χ4n) is 3.30. The van der Waals surface area contributed by atoms with E-state index in [9.17, 15) is 9.59 Å². The molecule has 5 nitrogen and oxygen atoms in total. The Morgan fingerprint density at radius 2 is 2.14 bits per heavy atom. The number of rotatable bonds is 3. The van der Waals surface area contributed by atoms with Gasteiger partial charge in [0.2, 0.25) is 0 Å². The van der Waals surface area contributed by atoms with E-state index < -0.39 is 5.97 Å². The maximum absolute atomic E-state index is 12.4. The summed E-state index contributed by atoms with van der Waals surface area (Å²) in [6, 6.07) is 0. The van der Waals surface area contributed by atoms with Gasteiger partial charge in [-0.15, -0.1) is 0 Å². The van der Waals surface area contributed by atoms with Crippen molar-refractivity contribution in [1.29, 1.82) is 0 Å². The monoisotopic (exact) mass is 310 g/mol. The first kappa shape index (κ1) is 17.2. The minimum atomic E-state index is -0.401. The van der Waals surface area contributed by atoms with E-state index >= 15 is 0 Å². The number of allylic oxidation sites excluding steroid dienone is 2. The van der Waals surface area contributed by atoms with Crippen molar-refractivity contribution in [3.05, 3.63) is 12.2 Å². The minimum Gasteiger partial charge on any atom is -0.462 e. The molecule has 0 spiro atoms. The molecule has 0 radical (unpaired) electrons. The topological polar surface area (TPSA) is 61.8 Å². The van der Waals surface area contributed by atoms with Gasteiger partial charge in [0, 0.05) is 13.0 Å². The molecule has 0 aromatic carbocycles. The van der Waals surface area contributed by atoms with Crippen molar-refractivity contribution in [3.63, 3.8) is 0 Å². The van der Waals surface area contributed by atoms with Gasteiger partial charge in [-0.3, -0.25) is 9.59 Å². The Bertz CT molecular complexity index is 417. The van der Waals surface area contributed by atoms with Gasteiger partial charge in [-0.1, -0.05) is 12.2 Å². The molecular formula is C17H26O5. The highest BCUT2D eigenvalue weighted by molar-refractivity contribution is 5.97. The average Bonchev–Trinajstić information content (AvgIpc) is 2.86. The van der Waals surface area contributed by atoms with Crippen LogP contribution in [0.25, 0.3) is 0 Å². The Kier molecular flexibility index (Phi) is 6.58. The molecule has 0 unspecified atom stereocenters. The Labute approximate surface area is 132 Å². The molecule has 2 aliphatic rings. The Morgan fingerprint density at radius 3 is 2.91 bits per heavy atom. The summed E-state index contributed by atoms with van der Waals surface area (Å²) in [5.41, 5.74) is 0. The van der Waals surface area contributed by atoms with Crippen molar-refractivity contribution in [2.75, 3.05) is 13.9 Å². The smallest absolute Gasteiger partial charge is 0.313 e. The first-order valence-electron chi connectivity index (χ1n) is 8.09. The van der Waals surface area contributed by atoms with Gasteiger partial charge in [0.15, 0.2) is 0 Å². The molecule has 0 bridgehead atoms. The minimum absolute atomic E-state index is 0.0172. The highest BCUT2D eigenvalue weighted by atomic mass is 16.7. The Morgan fingerprint density at radius 1 is 1.32 bits per heavy atom. The van der Waals surface area contributed by atoms with E-state index in [-0.39, 0.29) is 43.0 Å². The molecule has 0 aromatic heterocycles. The van der Waals surface area contributed by atoms with E-state index in [1.807, 2.05) is 6.92 Å². The molecule has 0 amide bonds. The lowest BCUT2D eigenvalue weighted by Crippen LogP contribution is -2.24. The van der Waals surface area contributed by atoms with Crippen LogP contribution >= 0.6 is 0 Å². The molecule has 1 aliphatic carbocycles. The second kappa shape index (κ2) is 8.44. The summed E-state index contributed by atoms with van der Waals surface area (Å²) in [6.45, 7) is 2.12. The third kappa shape index (κ3) is 4.92. The number of carbonyl (C=O) groups is 2. The average molecular weight is 310 g/mol. The van der Waals surface area contributed by atoms with Crippen molar-refractivity contribution in [2.24, 2.45) is 11.8 Å². The van der Waals surface area contributed by atoms with Crippen LogP contribution in [-0.4, -0.2) is 37.9 Å². The van der Waals surface area contributed by atoms with Gasteiger partial charge in [-0.05, 0) is 44.9 Å². The zero-order valence-electron chi connectivity index (χ0n) is 13.5. The third-order valence-corrected chi connectivity index (χ3v) is 4.42. The van der Waals surface area contributed by atoms with Crippen LogP contribution in [0, 0.1) is 11.8 Å². The molecule has 2 rings (SSSR count). The summed E-state index contributed by atoms with van der Waals surface area (Å²) in [5, 5.41) is 0. The normalized spacial score (nSPS) is 35.2. The lowest BCUT2D eigenvalue weighted by atomic mass is 9.89. The maximum atomic E-state index is 12.4. The molecule has 1 fully saturated rings. The predicted molar refractivity (Wildman–Crippen MR) is 81.1 cm³/mol. The van der Waals surface area contributed by atoms with E-state index in [0.29, 0.717) is 6.42 Å². The molecule has 0 aromatic rings. The highest BCUT2D eigenvalue weighted by Gasteiger charge is 2.38. The first-order chi connectivity index (χ1) is 10.6. The van der Waals surface area contributed by atoms with Crippen molar-refractivity contribution < 1.29 is 23.8 Å². The van der Waals surface area contributed by atoms with Gasteiger partial charge < -0.3 is 14.2 Å². The number of hydrogen-bond acceptors (Lipinski definition) is 5. The number of ether oxygens (including phenoxy) is 3. The molecule has 1 aliphatic heterocycles. The van der Waals surface area contributed by atoms with Crippen LogP contribution in [0.5, 0.6) is 0 Å². The zero-order chi connectivity index (χ0) is 15.9. The van der Waals surface area contributed by atoms with Gasteiger partial charge in [0.25, 0.3) is 0 Å². The van der Waals surface area contributed by atoms with E-state index in [0.717, 1.165) is 25.7 Å². The number of methoxy groups -OCH3 is 1. The number of cyclic esters (lactones) is 1. The standard InChI is InChI=1S/C17H26O5/c1-12-6-4-3-5-7-13-8-14(21-11-20-2)9-15(13)16(18)10-17(19)22-12/h5,7,12-15H,3-4,6,8-11H2,1-2H3/b7-5+/t12-,13+,14-,15+/m0/s1. The zero-order valence-corrected chi connectivity index (χ0v) is 13.5. The molecular weight excluding hydrogens is 284 g/mol. The first-order valence-corrected chi connectivity index (χ1v) is 8.09. The SMILES string of the molecule is COCO[C@H]1C[C@H]2/C=C/CCC[C@H](C)OC(=O)CC(=O)[C@@H]2C1. The summed E-state index contributed by atoms with van der Waals surface area (Å²) in [5.74, 6) is -0.433. The van der Waals surface area contributed by atoms with Gasteiger partial charge in [0.05, 0.1) is 12.2 Å². The third-order valence-electron chi connectivity index (χ3n) is 4.42. The molecule has 22 heavy (non-hydrogen) atoms. The molecule has 1 heterocycles. The fourth-order valence-corrected chi connectivity index (χ4v) is 3.30. The molecule has 0 saturated heterocycles. The van der Waals surface area contributed by atoms with Crippen LogP contribution in [0.1, 0.15) is 45.4 Å². The Balaban J connectivity index is 2.05. The number of esters is 1. The highest BCUT2D eigenvalue weighted by Crippen LogP contribution is 2.36. The van der Waals surface area contributed by atoms with Gasteiger partial charge in [-0.2, -0.15) is 0 Å². The fraction of sp³-hybridized carbons (Fsp3) is 0.765. The quantitative estimate of drug-likeness (QED) is 0.347. The largest absolute Gasteiger partial charge is 0.462 e. The van der Waals surface area contributed by atoms with E-state index in [4.69, 9.17) is 14.2 Å². The van der Waals surface area contributed by atoms with Crippen molar-refractivity contribution in [2.45, 2.75) is 57.7 Å². The Hall–Kier alpha value is -1.20. The van der Waals surface area contributed by atoms with Crippen molar-refractivity contribution in [1.82, 2.24) is 0 Å². The molecule has 124 valence electrons. The number of fused-ring (bicyclic) bond motifs is 1. The summed E-state index contributed by atoms with van der Waals surface area (Å²) >= 11 is 0. The van der Waals surface area contributed by atoms with Crippen LogP contribution in [-0.2, 0) is 23.8 Å². The predicted octanol–water partition coefficient (Wildman–Crippen LogP) is 2.63. The van der Waals surface area contributed by atoms with Crippen molar-refractivity contribution in [3.8, 4) is 0 Å². The molecule has 5 heteroatoms. The van der Waals surface area contributed by atoms with Gasteiger partial charge in [0.1, 0.15) is 19.0 Å². The maximum Gasteiger partial charge on any atom is 0.313 e. The van der Waals surface area contributed by atoms with E-state index in [1.165, 1.54) is 0 Å². The lowest BCUT2D eigenvalue weighted by Gasteiger charge is -2.17. The number of ketones is 1. The second-order valence-electron chi connectivity index (χ2n) is 6.24. The van der Waals surface area contributed by atoms with Crippen molar-refractivity contribution >= 4 is 11.8 Å². The summed E-state index contributed by atoms with van der Waals surface area (Å²) in [7, 11) is 1.58. The summed E-state index contributed by atoms with van der Waals surface area (Å²) in [6.07, 6.45) is 8.28. The van der Waals surface area contributed by atoms with E-state index in [1.54, 1.807) is 7.11 Å². The second-order valence-corrected chi connectivity index (χ2v) is 6.24. The molecule has 0 N–H and O–H groups in total. The number of hydrogen-bond donors (Lipinski definition) is 0. The van der Waals surface area contributed by atoms with Crippen LogP contribution in [0.2, 0.25) is 0 Å². The number of Topliss-reactive ketones (excluding diaryl/α,β-unsaturated/α-hetero) is 1. The van der Waals surface area contributed by atoms with Crippen LogP contribution in [0.4, 0.5) is 0 Å². The lowest BCUT2D eigenvalue weighted by molar-refractivity contribution is -0.151. The molecule has 1 saturated carbocycles. The van der Waals surface area contributed by atoms with Gasteiger partial charge in [-0.25, -0.2) is 0 Å². The summed E-state index contributed by atoms with van der Waals surface area (Å²) < 4.78 is 15.8. The van der Waals surface area contributed by atoms with Crippen LogP contribution < -0.4 is 0 Å². The van der Waals surface area contributed by atoms with Crippen LogP contribution in [0.15, 0.2) is 12.2 Å². The van der Waals surface area contributed by atoms with E-state index in [2.05, 4.69) is 12.2 Å². The summed E-state index contributed by atoms with van der Waals surface area (Å²) in [4.78, 5) is 24.3.